The summed E-state index contributed by atoms with van der Waals surface area (Å²) in [6, 6.07) is 16.2. The average Bonchev–Trinajstić information content (AvgIpc) is 2.80. The molecule has 0 amide bonds. The molecule has 0 N–H and O–H groups in total. The molecule has 0 aliphatic heterocycles. The number of rotatable bonds is 9. The maximum absolute atomic E-state index is 5.32. The van der Waals surface area contributed by atoms with Crippen molar-refractivity contribution in [2.45, 2.75) is 20.5 Å². The highest BCUT2D eigenvalue weighted by Gasteiger charge is 1.97. The number of hydrogen-bond acceptors (Lipinski definition) is 4. The predicted molar refractivity (Wildman–Crippen MR) is 136 cm³/mol. The highest BCUT2D eigenvalue weighted by molar-refractivity contribution is 5.35. The summed E-state index contributed by atoms with van der Waals surface area (Å²) >= 11 is 0. The molecule has 32 heavy (non-hydrogen) atoms. The van der Waals surface area contributed by atoms with Crippen molar-refractivity contribution < 1.29 is 18.9 Å². The molecule has 174 valence electrons. The monoisotopic (exact) mass is 438 g/mol. The Hall–Kier alpha value is -3.10. The molecule has 0 fully saturated rings. The van der Waals surface area contributed by atoms with E-state index in [2.05, 4.69) is 39.0 Å². The fourth-order valence-electron chi connectivity index (χ4n) is 2.26. The molecule has 0 aliphatic rings. The molecular formula is C28H38O4. The number of hydrogen-bond donors (Lipinski definition) is 0. The van der Waals surface area contributed by atoms with Crippen LogP contribution >= 0.6 is 0 Å². The van der Waals surface area contributed by atoms with Crippen LogP contribution in [0.2, 0.25) is 0 Å². The first-order valence-corrected chi connectivity index (χ1v) is 9.99. The second kappa shape index (κ2) is 22.6. The maximum Gasteiger partial charge on any atom is 0.188 e. The van der Waals surface area contributed by atoms with Crippen molar-refractivity contribution in [2.75, 3.05) is 34.7 Å². The summed E-state index contributed by atoms with van der Waals surface area (Å²) in [5, 5.41) is 0. The fraction of sp³-hybridized carbons (Fsp3) is 0.286. The molecule has 2 rings (SSSR count). The summed E-state index contributed by atoms with van der Waals surface area (Å²) in [5.41, 5.74) is 4.57. The van der Waals surface area contributed by atoms with Gasteiger partial charge in [0.05, 0.1) is 13.2 Å². The number of terminal acetylenes is 1. The highest BCUT2D eigenvalue weighted by Crippen LogP contribution is 2.18. The lowest BCUT2D eigenvalue weighted by molar-refractivity contribution is 0.0506. The zero-order valence-electron chi connectivity index (χ0n) is 20.2. The van der Waals surface area contributed by atoms with Crippen LogP contribution in [0.5, 0.6) is 5.75 Å². The molecule has 0 saturated carbocycles. The van der Waals surface area contributed by atoms with Gasteiger partial charge < -0.3 is 18.9 Å². The van der Waals surface area contributed by atoms with E-state index in [4.69, 9.17) is 18.9 Å². The number of methoxy groups -OCH3 is 3. The summed E-state index contributed by atoms with van der Waals surface area (Å²) in [7, 11) is 4.96. The quantitative estimate of drug-likeness (QED) is 0.262. The van der Waals surface area contributed by atoms with Gasteiger partial charge in [0, 0.05) is 21.3 Å². The van der Waals surface area contributed by atoms with Crippen LogP contribution in [-0.4, -0.2) is 34.7 Å². The Balaban J connectivity index is 0. The topological polar surface area (TPSA) is 36.9 Å². The predicted octanol–water partition coefficient (Wildman–Crippen LogP) is 6.30. The molecule has 4 heteroatoms. The lowest BCUT2D eigenvalue weighted by Gasteiger charge is -2.07. The van der Waals surface area contributed by atoms with Crippen LogP contribution in [-0.2, 0) is 20.8 Å². The molecule has 0 aromatic heterocycles. The highest BCUT2D eigenvalue weighted by atomic mass is 16.7. The molecule has 0 aliphatic carbocycles. The first-order valence-electron chi connectivity index (χ1n) is 9.99. The van der Waals surface area contributed by atoms with Crippen LogP contribution in [0.3, 0.4) is 0 Å². The van der Waals surface area contributed by atoms with Gasteiger partial charge in [0.15, 0.2) is 6.79 Å². The molecule has 0 saturated heterocycles. The van der Waals surface area contributed by atoms with Gasteiger partial charge in [0.1, 0.15) is 5.75 Å². The summed E-state index contributed by atoms with van der Waals surface area (Å²) in [6.45, 7) is 12.9. The Morgan fingerprint density at radius 2 is 1.59 bits per heavy atom. The number of aryl methyl sites for hydroxylation is 2. The number of benzene rings is 2. The van der Waals surface area contributed by atoms with Gasteiger partial charge in [-0.2, -0.15) is 0 Å². The Bertz CT molecular complexity index is 777. The van der Waals surface area contributed by atoms with E-state index in [1.807, 2.05) is 61.5 Å². The van der Waals surface area contributed by atoms with Crippen LogP contribution in [0.25, 0.3) is 0 Å². The molecule has 2 aromatic carbocycles. The second-order valence-electron chi connectivity index (χ2n) is 6.42. The minimum Gasteiger partial charge on any atom is -0.467 e. The van der Waals surface area contributed by atoms with E-state index < -0.39 is 0 Å². The van der Waals surface area contributed by atoms with Gasteiger partial charge in [-0.25, -0.2) is 0 Å². The van der Waals surface area contributed by atoms with Crippen LogP contribution in [0, 0.1) is 26.7 Å². The van der Waals surface area contributed by atoms with Crippen LogP contribution in [0.4, 0.5) is 0 Å². The van der Waals surface area contributed by atoms with Gasteiger partial charge in [-0.05, 0) is 36.6 Å². The molecular weight excluding hydrogens is 400 g/mol. The van der Waals surface area contributed by atoms with E-state index in [1.165, 1.54) is 11.1 Å². The van der Waals surface area contributed by atoms with E-state index >= 15 is 0 Å². The van der Waals surface area contributed by atoms with E-state index in [1.54, 1.807) is 27.4 Å². The number of allylic oxidation sites excluding steroid dienone is 2. The molecule has 0 radical (unpaired) electrons. The minimum atomic E-state index is 0.309. The van der Waals surface area contributed by atoms with E-state index in [-0.39, 0.29) is 0 Å². The summed E-state index contributed by atoms with van der Waals surface area (Å²) in [6.07, 6.45) is 13.4. The zero-order chi connectivity index (χ0) is 24.6. The summed E-state index contributed by atoms with van der Waals surface area (Å²) < 4.78 is 19.9. The lowest BCUT2D eigenvalue weighted by Crippen LogP contribution is -2.00. The van der Waals surface area contributed by atoms with Crippen molar-refractivity contribution in [1.82, 2.24) is 0 Å². The SMILES string of the molecule is C#C.C=C/C=C\C(=C)COC.COCOc1ccc(C)cc1C.COCc1ccccc1. The summed E-state index contributed by atoms with van der Waals surface area (Å²) in [5.74, 6) is 0.891. The van der Waals surface area contributed by atoms with Crippen molar-refractivity contribution in [3.63, 3.8) is 0 Å². The third-order valence-electron chi connectivity index (χ3n) is 3.61. The van der Waals surface area contributed by atoms with Crippen LogP contribution in [0.1, 0.15) is 16.7 Å². The molecule has 4 nitrogen and oxygen atoms in total. The van der Waals surface area contributed by atoms with Gasteiger partial charge >= 0.3 is 0 Å². The second-order valence-corrected chi connectivity index (χ2v) is 6.42. The van der Waals surface area contributed by atoms with E-state index in [0.29, 0.717) is 20.0 Å². The van der Waals surface area contributed by atoms with E-state index in [0.717, 1.165) is 16.9 Å². The molecule has 2 aromatic rings. The van der Waals surface area contributed by atoms with Gasteiger partial charge in [0.25, 0.3) is 0 Å². The summed E-state index contributed by atoms with van der Waals surface area (Å²) in [4.78, 5) is 0. The van der Waals surface area contributed by atoms with Gasteiger partial charge in [-0.15, -0.1) is 12.8 Å². The fourth-order valence-corrected chi connectivity index (χ4v) is 2.26. The lowest BCUT2D eigenvalue weighted by atomic mass is 10.1. The maximum atomic E-state index is 5.32. The third kappa shape index (κ3) is 17.7. The molecule has 0 atom stereocenters. The van der Waals surface area contributed by atoms with Crippen LogP contribution < -0.4 is 4.74 Å². The van der Waals surface area contributed by atoms with Crippen molar-refractivity contribution in [2.24, 2.45) is 0 Å². The van der Waals surface area contributed by atoms with E-state index in [9.17, 15) is 0 Å². The number of ether oxygens (including phenoxy) is 4. The van der Waals surface area contributed by atoms with Crippen molar-refractivity contribution >= 4 is 0 Å². The molecule has 0 unspecified atom stereocenters. The normalized spacial score (nSPS) is 9.22. The first-order chi connectivity index (χ1) is 15.5. The molecule has 0 heterocycles. The van der Waals surface area contributed by atoms with Crippen molar-refractivity contribution in [3.05, 3.63) is 102 Å². The zero-order valence-corrected chi connectivity index (χ0v) is 20.2. The largest absolute Gasteiger partial charge is 0.467 e. The first kappa shape index (κ1) is 31.1. The average molecular weight is 439 g/mol. The Morgan fingerprint density at radius 1 is 0.938 bits per heavy atom. The molecule has 0 spiro atoms. The standard InChI is InChI=1S/C10H14O2.C8H10O.C8H12O.C2H2/c1-8-4-5-10(9(2)6-8)12-7-11-3;1-9-7-8-5-3-2-4-6-8;1-4-5-6-8(2)7-9-3;1-2/h4-6H,7H2,1-3H3;2-6H,7H2,1H3;4-6H,1-2,7H2,3H3;1-2H/b;;6-5-;. The van der Waals surface area contributed by atoms with Crippen LogP contribution in [0.15, 0.2) is 85.5 Å². The Morgan fingerprint density at radius 3 is 2.09 bits per heavy atom. The third-order valence-corrected chi connectivity index (χ3v) is 3.61. The molecule has 0 bridgehead atoms. The van der Waals surface area contributed by atoms with Gasteiger partial charge in [-0.3, -0.25) is 0 Å². The van der Waals surface area contributed by atoms with Gasteiger partial charge in [0.2, 0.25) is 0 Å². The Labute approximate surface area is 195 Å². The minimum absolute atomic E-state index is 0.309. The van der Waals surface area contributed by atoms with Gasteiger partial charge in [-0.1, -0.05) is 79.4 Å². The van der Waals surface area contributed by atoms with Crippen molar-refractivity contribution in [3.8, 4) is 18.6 Å². The van der Waals surface area contributed by atoms with Crippen molar-refractivity contribution in [1.29, 1.82) is 0 Å². The Kier molecular flexibility index (Phi) is 21.9. The smallest absolute Gasteiger partial charge is 0.188 e.